The van der Waals surface area contributed by atoms with Gasteiger partial charge in [0, 0.05) is 25.8 Å². The summed E-state index contributed by atoms with van der Waals surface area (Å²) in [5.41, 5.74) is 0. The number of rotatable bonds is 3. The number of hydrogen-bond acceptors (Lipinski definition) is 4. The molecule has 0 aromatic rings. The molecule has 0 spiro atoms. The summed E-state index contributed by atoms with van der Waals surface area (Å²) < 4.78 is 16.2. The standard InChI is InChI=1S/C10H19NO3/c1-3-12-4-2-9(1)11-7-10-8-13-5-6-14-10/h9-11H,1-8H2. The van der Waals surface area contributed by atoms with Crippen LogP contribution in [0.5, 0.6) is 0 Å². The van der Waals surface area contributed by atoms with Gasteiger partial charge in [-0.15, -0.1) is 0 Å². The van der Waals surface area contributed by atoms with Crippen LogP contribution in [0.1, 0.15) is 12.8 Å². The predicted octanol–water partition coefficient (Wildman–Crippen LogP) is 0.170. The molecule has 2 fully saturated rings. The van der Waals surface area contributed by atoms with Crippen molar-refractivity contribution >= 4 is 0 Å². The molecule has 1 atom stereocenters. The summed E-state index contributed by atoms with van der Waals surface area (Å²) in [4.78, 5) is 0. The normalized spacial score (nSPS) is 30.4. The highest BCUT2D eigenvalue weighted by atomic mass is 16.6. The van der Waals surface area contributed by atoms with Gasteiger partial charge in [-0.1, -0.05) is 0 Å². The van der Waals surface area contributed by atoms with E-state index >= 15 is 0 Å². The second-order valence-corrected chi connectivity index (χ2v) is 3.86. The molecule has 4 heteroatoms. The first-order chi connectivity index (χ1) is 6.95. The largest absolute Gasteiger partial charge is 0.381 e. The van der Waals surface area contributed by atoms with E-state index < -0.39 is 0 Å². The second kappa shape index (κ2) is 5.66. The third-order valence-electron chi connectivity index (χ3n) is 2.74. The average molecular weight is 201 g/mol. The van der Waals surface area contributed by atoms with Gasteiger partial charge in [-0.3, -0.25) is 0 Å². The van der Waals surface area contributed by atoms with E-state index in [2.05, 4.69) is 5.32 Å². The van der Waals surface area contributed by atoms with Gasteiger partial charge in [0.15, 0.2) is 0 Å². The average Bonchev–Trinajstić information content (AvgIpc) is 2.29. The maximum absolute atomic E-state index is 5.55. The first-order valence-electron chi connectivity index (χ1n) is 5.45. The van der Waals surface area contributed by atoms with Crippen molar-refractivity contribution in [1.29, 1.82) is 0 Å². The van der Waals surface area contributed by atoms with Crippen molar-refractivity contribution < 1.29 is 14.2 Å². The zero-order chi connectivity index (χ0) is 9.64. The van der Waals surface area contributed by atoms with Crippen molar-refractivity contribution in [2.75, 3.05) is 39.6 Å². The second-order valence-electron chi connectivity index (χ2n) is 3.86. The Morgan fingerprint density at radius 3 is 2.57 bits per heavy atom. The fraction of sp³-hybridized carbons (Fsp3) is 1.00. The fourth-order valence-electron chi connectivity index (χ4n) is 1.85. The van der Waals surface area contributed by atoms with Crippen molar-refractivity contribution in [2.45, 2.75) is 25.0 Å². The summed E-state index contributed by atoms with van der Waals surface area (Å²) in [6.07, 6.45) is 2.48. The molecule has 4 nitrogen and oxygen atoms in total. The van der Waals surface area contributed by atoms with Crippen LogP contribution in [0.15, 0.2) is 0 Å². The highest BCUT2D eigenvalue weighted by molar-refractivity contribution is 4.73. The molecule has 0 bridgehead atoms. The van der Waals surface area contributed by atoms with E-state index in [4.69, 9.17) is 14.2 Å². The molecule has 0 aliphatic carbocycles. The van der Waals surface area contributed by atoms with Crippen LogP contribution >= 0.6 is 0 Å². The number of hydrogen-bond donors (Lipinski definition) is 1. The van der Waals surface area contributed by atoms with Crippen molar-refractivity contribution in [2.24, 2.45) is 0 Å². The van der Waals surface area contributed by atoms with Gasteiger partial charge in [0.05, 0.1) is 25.9 Å². The van der Waals surface area contributed by atoms with E-state index in [9.17, 15) is 0 Å². The predicted molar refractivity (Wildman–Crippen MR) is 52.4 cm³/mol. The lowest BCUT2D eigenvalue weighted by Gasteiger charge is -2.28. The molecule has 0 aromatic heterocycles. The molecule has 1 unspecified atom stereocenters. The minimum atomic E-state index is 0.242. The van der Waals surface area contributed by atoms with Gasteiger partial charge >= 0.3 is 0 Å². The third-order valence-corrected chi connectivity index (χ3v) is 2.74. The van der Waals surface area contributed by atoms with Crippen molar-refractivity contribution in [3.05, 3.63) is 0 Å². The fourth-order valence-corrected chi connectivity index (χ4v) is 1.85. The van der Waals surface area contributed by atoms with Crippen LogP contribution in [0.3, 0.4) is 0 Å². The van der Waals surface area contributed by atoms with E-state index in [1.165, 1.54) is 0 Å². The number of ether oxygens (including phenoxy) is 3. The summed E-state index contributed by atoms with van der Waals surface area (Å²) in [5, 5.41) is 3.51. The van der Waals surface area contributed by atoms with Crippen LogP contribution in [0, 0.1) is 0 Å². The minimum absolute atomic E-state index is 0.242. The maximum Gasteiger partial charge on any atom is 0.0933 e. The zero-order valence-electron chi connectivity index (χ0n) is 8.54. The molecular formula is C10H19NO3. The lowest BCUT2D eigenvalue weighted by Crippen LogP contribution is -2.43. The molecule has 2 rings (SSSR count). The quantitative estimate of drug-likeness (QED) is 0.706. The van der Waals surface area contributed by atoms with Crippen molar-refractivity contribution in [3.8, 4) is 0 Å². The molecule has 0 amide bonds. The van der Waals surface area contributed by atoms with E-state index in [0.29, 0.717) is 6.04 Å². The Balaban J connectivity index is 1.60. The summed E-state index contributed by atoms with van der Waals surface area (Å²) in [6.45, 7) is 4.90. The van der Waals surface area contributed by atoms with Crippen LogP contribution < -0.4 is 5.32 Å². The van der Waals surface area contributed by atoms with Gasteiger partial charge in [0.2, 0.25) is 0 Å². The van der Waals surface area contributed by atoms with E-state index in [1.54, 1.807) is 0 Å². The molecule has 2 saturated heterocycles. The van der Waals surface area contributed by atoms with E-state index in [1.807, 2.05) is 0 Å². The first kappa shape index (κ1) is 10.4. The Hall–Kier alpha value is -0.160. The Bertz CT molecular complexity index is 135. The molecule has 0 radical (unpaired) electrons. The molecule has 14 heavy (non-hydrogen) atoms. The SMILES string of the molecule is C1CC(NCC2COCCO2)CCO1. The molecule has 2 aliphatic rings. The minimum Gasteiger partial charge on any atom is -0.381 e. The molecule has 0 saturated carbocycles. The van der Waals surface area contributed by atoms with E-state index in [0.717, 1.165) is 52.4 Å². The van der Waals surface area contributed by atoms with Crippen LogP contribution in [-0.4, -0.2) is 51.7 Å². The van der Waals surface area contributed by atoms with Crippen LogP contribution in [0.4, 0.5) is 0 Å². The third kappa shape index (κ3) is 3.20. The zero-order valence-corrected chi connectivity index (χ0v) is 8.54. The molecule has 1 N–H and O–H groups in total. The summed E-state index contributed by atoms with van der Waals surface area (Å²) >= 11 is 0. The highest BCUT2D eigenvalue weighted by Crippen LogP contribution is 2.07. The van der Waals surface area contributed by atoms with Gasteiger partial charge in [0.1, 0.15) is 0 Å². The lowest BCUT2D eigenvalue weighted by atomic mass is 10.1. The summed E-state index contributed by atoms with van der Waals surface area (Å²) in [6, 6.07) is 0.606. The molecule has 0 aromatic carbocycles. The van der Waals surface area contributed by atoms with Gasteiger partial charge in [-0.25, -0.2) is 0 Å². The lowest BCUT2D eigenvalue weighted by molar-refractivity contribution is -0.0878. The molecular weight excluding hydrogens is 182 g/mol. The Kier molecular flexibility index (Phi) is 4.19. The molecule has 2 aliphatic heterocycles. The first-order valence-corrected chi connectivity index (χ1v) is 5.45. The van der Waals surface area contributed by atoms with Crippen LogP contribution in [-0.2, 0) is 14.2 Å². The van der Waals surface area contributed by atoms with Gasteiger partial charge < -0.3 is 19.5 Å². The van der Waals surface area contributed by atoms with Gasteiger partial charge in [0.25, 0.3) is 0 Å². The number of nitrogens with one attached hydrogen (secondary N) is 1. The van der Waals surface area contributed by atoms with Crippen molar-refractivity contribution in [3.63, 3.8) is 0 Å². The molecule has 2 heterocycles. The molecule has 82 valence electrons. The Morgan fingerprint density at radius 1 is 1.00 bits per heavy atom. The Morgan fingerprint density at radius 2 is 1.86 bits per heavy atom. The summed E-state index contributed by atoms with van der Waals surface area (Å²) in [7, 11) is 0. The smallest absolute Gasteiger partial charge is 0.0933 e. The summed E-state index contributed by atoms with van der Waals surface area (Å²) in [5.74, 6) is 0. The van der Waals surface area contributed by atoms with E-state index in [-0.39, 0.29) is 6.10 Å². The Labute approximate surface area is 84.9 Å². The van der Waals surface area contributed by atoms with Crippen LogP contribution in [0.2, 0.25) is 0 Å². The van der Waals surface area contributed by atoms with Gasteiger partial charge in [-0.2, -0.15) is 0 Å². The van der Waals surface area contributed by atoms with Crippen LogP contribution in [0.25, 0.3) is 0 Å². The van der Waals surface area contributed by atoms with Gasteiger partial charge in [-0.05, 0) is 12.8 Å². The maximum atomic E-state index is 5.55. The topological polar surface area (TPSA) is 39.7 Å². The monoisotopic (exact) mass is 201 g/mol. The van der Waals surface area contributed by atoms with Crippen molar-refractivity contribution in [1.82, 2.24) is 5.32 Å². The highest BCUT2D eigenvalue weighted by Gasteiger charge is 2.17.